The van der Waals surface area contributed by atoms with Crippen LogP contribution in [-0.2, 0) is 10.2 Å². The van der Waals surface area contributed by atoms with Gasteiger partial charge in [-0.3, -0.25) is 14.4 Å². The van der Waals surface area contributed by atoms with Gasteiger partial charge in [-0.25, -0.2) is 4.39 Å². The Labute approximate surface area is 241 Å². The molecule has 3 heterocycles. The number of carbonyl (C=O) groups is 3. The van der Waals surface area contributed by atoms with Crippen LogP contribution in [0.5, 0.6) is 0 Å². The lowest BCUT2D eigenvalue weighted by molar-refractivity contribution is -0.121. The molecule has 1 saturated heterocycles. The van der Waals surface area contributed by atoms with Crippen molar-refractivity contribution in [2.24, 2.45) is 5.92 Å². The minimum atomic E-state index is -1.42. The molecular weight excluding hydrogens is 539 g/mol. The lowest BCUT2D eigenvalue weighted by atomic mass is 9.64. The van der Waals surface area contributed by atoms with E-state index in [2.05, 4.69) is 5.32 Å². The monoisotopic (exact) mass is 562 g/mol. The van der Waals surface area contributed by atoms with Crippen molar-refractivity contribution < 1.29 is 18.8 Å². The predicted molar refractivity (Wildman–Crippen MR) is 157 cm³/mol. The highest BCUT2D eigenvalue weighted by Gasteiger charge is 2.70. The maximum absolute atomic E-state index is 14.7. The molecule has 3 aliphatic heterocycles. The Morgan fingerprint density at radius 3 is 2.34 bits per heavy atom. The Balaban J connectivity index is 1.53. The highest BCUT2D eigenvalue weighted by Crippen LogP contribution is 2.58. The van der Waals surface area contributed by atoms with Crippen LogP contribution >= 0.6 is 11.6 Å². The van der Waals surface area contributed by atoms with E-state index in [1.807, 2.05) is 66.4 Å². The van der Waals surface area contributed by atoms with E-state index in [1.54, 1.807) is 24.3 Å². The summed E-state index contributed by atoms with van der Waals surface area (Å²) >= 11 is 6.15. The van der Waals surface area contributed by atoms with Crippen molar-refractivity contribution in [2.75, 3.05) is 10.2 Å². The lowest BCUT2D eigenvalue weighted by Crippen LogP contribution is -2.51. The zero-order valence-electron chi connectivity index (χ0n) is 22.0. The number of nitrogens with one attached hydrogen (secondary N) is 1. The smallest absolute Gasteiger partial charge is 0.238 e. The molecule has 5 nitrogen and oxygen atoms in total. The standard InChI is InChI=1S/C34H24ClFN2O3/c1-19-6-16-27-22(18-19)11-17-28-34(25-4-2-3-5-26(25)37-33(34)41)29(31(39)20-9-14-24(36)15-10-20)30(38(27)28)32(40)21-7-12-23(35)13-8-21/h2-18,28-30H,1H3,(H,37,41)/t28-,29-,30+,34-/m1/s1. The maximum atomic E-state index is 14.7. The summed E-state index contributed by atoms with van der Waals surface area (Å²) in [5.41, 5.74) is 3.16. The highest BCUT2D eigenvalue weighted by atomic mass is 35.5. The average Bonchev–Trinajstić information content (AvgIpc) is 3.45. The van der Waals surface area contributed by atoms with Gasteiger partial charge in [-0.05, 0) is 84.8 Å². The number of Topliss-reactive ketones (excluding diaryl/α,β-unsaturated/α-hetero) is 2. The quantitative estimate of drug-likeness (QED) is 0.283. The van der Waals surface area contributed by atoms with E-state index < -0.39 is 35.0 Å². The number of carbonyl (C=O) groups excluding carboxylic acids is 3. The molecular formula is C34H24ClFN2O3. The SMILES string of the molecule is Cc1ccc2c(c1)C=C[C@H]1N2[C@H](C(=O)c2ccc(Cl)cc2)[C@H](C(=O)c2ccc(F)cc2)[C@]12C(=O)Nc1ccccc12. The Morgan fingerprint density at radius 2 is 1.59 bits per heavy atom. The lowest BCUT2D eigenvalue weighted by Gasteiger charge is -2.37. The number of para-hydroxylation sites is 1. The third-order valence-electron chi connectivity index (χ3n) is 8.60. The minimum Gasteiger partial charge on any atom is -0.352 e. The number of hydrogen-bond donors (Lipinski definition) is 1. The van der Waals surface area contributed by atoms with Gasteiger partial charge in [-0.2, -0.15) is 0 Å². The van der Waals surface area contributed by atoms with Crippen LogP contribution in [0.25, 0.3) is 6.08 Å². The summed E-state index contributed by atoms with van der Waals surface area (Å²) in [6, 6.07) is 23.4. The fourth-order valence-corrected chi connectivity index (χ4v) is 7.00. The molecule has 3 aliphatic rings. The van der Waals surface area contributed by atoms with Crippen LogP contribution in [0.15, 0.2) is 97.1 Å². The van der Waals surface area contributed by atoms with Gasteiger partial charge in [0.2, 0.25) is 5.91 Å². The molecule has 1 spiro atoms. The molecule has 0 aliphatic carbocycles. The first-order valence-corrected chi connectivity index (χ1v) is 13.8. The van der Waals surface area contributed by atoms with Crippen LogP contribution in [0.1, 0.15) is 37.4 Å². The van der Waals surface area contributed by atoms with Crippen molar-refractivity contribution in [1.82, 2.24) is 0 Å². The summed E-state index contributed by atoms with van der Waals surface area (Å²) in [5.74, 6) is -2.66. The molecule has 0 unspecified atom stereocenters. The Bertz CT molecular complexity index is 1780. The molecule has 4 atom stereocenters. The first kappa shape index (κ1) is 25.4. The summed E-state index contributed by atoms with van der Waals surface area (Å²) in [6.45, 7) is 1.99. The van der Waals surface area contributed by atoms with Crippen molar-refractivity contribution in [3.8, 4) is 0 Å². The third-order valence-corrected chi connectivity index (χ3v) is 8.85. The summed E-state index contributed by atoms with van der Waals surface area (Å²) in [4.78, 5) is 45.5. The molecule has 4 aromatic carbocycles. The Morgan fingerprint density at radius 1 is 0.902 bits per heavy atom. The van der Waals surface area contributed by atoms with Gasteiger partial charge in [-0.15, -0.1) is 0 Å². The van der Waals surface area contributed by atoms with Crippen molar-refractivity contribution in [3.63, 3.8) is 0 Å². The maximum Gasteiger partial charge on any atom is 0.238 e. The average molecular weight is 563 g/mol. The van der Waals surface area contributed by atoms with Crippen molar-refractivity contribution in [2.45, 2.75) is 24.4 Å². The summed E-state index contributed by atoms with van der Waals surface area (Å²) in [7, 11) is 0. The number of ketones is 2. The molecule has 1 fully saturated rings. The van der Waals surface area contributed by atoms with E-state index in [-0.39, 0.29) is 17.3 Å². The van der Waals surface area contributed by atoms with Crippen LogP contribution in [0.3, 0.4) is 0 Å². The van der Waals surface area contributed by atoms with E-state index in [9.17, 15) is 18.8 Å². The van der Waals surface area contributed by atoms with Gasteiger partial charge in [0.05, 0.1) is 12.0 Å². The zero-order chi connectivity index (χ0) is 28.5. The van der Waals surface area contributed by atoms with Gasteiger partial charge in [0, 0.05) is 27.5 Å². The number of hydrogen-bond acceptors (Lipinski definition) is 4. The number of nitrogens with zero attached hydrogens (tertiary/aromatic N) is 1. The molecule has 0 aromatic heterocycles. The van der Waals surface area contributed by atoms with Crippen molar-refractivity contribution in [3.05, 3.63) is 136 Å². The van der Waals surface area contributed by atoms with E-state index in [0.717, 1.165) is 16.8 Å². The molecule has 202 valence electrons. The number of halogens is 2. The number of rotatable bonds is 4. The van der Waals surface area contributed by atoms with Gasteiger partial charge in [-0.1, -0.05) is 53.6 Å². The Hall–Kier alpha value is -4.55. The number of fused-ring (bicyclic) bond motifs is 6. The predicted octanol–water partition coefficient (Wildman–Crippen LogP) is 6.64. The first-order valence-electron chi connectivity index (χ1n) is 13.4. The van der Waals surface area contributed by atoms with Gasteiger partial charge < -0.3 is 10.2 Å². The second-order valence-electron chi connectivity index (χ2n) is 10.8. The van der Waals surface area contributed by atoms with E-state index in [1.165, 1.54) is 24.3 Å². The molecule has 0 radical (unpaired) electrons. The van der Waals surface area contributed by atoms with Crippen molar-refractivity contribution >= 4 is 46.5 Å². The van der Waals surface area contributed by atoms with Crippen LogP contribution in [0.4, 0.5) is 15.8 Å². The van der Waals surface area contributed by atoms with E-state index >= 15 is 0 Å². The number of aryl methyl sites for hydroxylation is 1. The van der Waals surface area contributed by atoms with Crippen molar-refractivity contribution in [1.29, 1.82) is 0 Å². The molecule has 4 aromatic rings. The van der Waals surface area contributed by atoms with Gasteiger partial charge >= 0.3 is 0 Å². The van der Waals surface area contributed by atoms with Gasteiger partial charge in [0.25, 0.3) is 0 Å². The fourth-order valence-electron chi connectivity index (χ4n) is 6.88. The summed E-state index contributed by atoms with van der Waals surface area (Å²) in [6.07, 6.45) is 3.90. The van der Waals surface area contributed by atoms with Gasteiger partial charge in [0.1, 0.15) is 17.3 Å². The zero-order valence-corrected chi connectivity index (χ0v) is 22.7. The number of amides is 1. The van der Waals surface area contributed by atoms with Crippen LogP contribution in [0, 0.1) is 18.7 Å². The van der Waals surface area contributed by atoms with E-state index in [4.69, 9.17) is 11.6 Å². The number of benzene rings is 4. The molecule has 7 heteroatoms. The molecule has 7 rings (SSSR count). The highest BCUT2D eigenvalue weighted by molar-refractivity contribution is 6.30. The minimum absolute atomic E-state index is 0.231. The van der Waals surface area contributed by atoms with E-state index in [0.29, 0.717) is 21.8 Å². The summed E-state index contributed by atoms with van der Waals surface area (Å²) < 4.78 is 13.9. The summed E-state index contributed by atoms with van der Waals surface area (Å²) in [5, 5.41) is 3.49. The van der Waals surface area contributed by atoms with Crippen LogP contribution in [-0.4, -0.2) is 29.6 Å². The molecule has 0 saturated carbocycles. The number of anilines is 2. The largest absolute Gasteiger partial charge is 0.352 e. The normalized spacial score (nSPS) is 23.6. The molecule has 0 bridgehead atoms. The molecule has 1 amide bonds. The third kappa shape index (κ3) is 3.64. The van der Waals surface area contributed by atoms with Gasteiger partial charge in [0.15, 0.2) is 11.6 Å². The van der Waals surface area contributed by atoms with Crippen LogP contribution < -0.4 is 10.2 Å². The molecule has 1 N–H and O–H groups in total. The van der Waals surface area contributed by atoms with Crippen LogP contribution in [0.2, 0.25) is 5.02 Å². The molecule has 41 heavy (non-hydrogen) atoms. The fraction of sp³-hybridized carbons (Fsp3) is 0.147. The second-order valence-corrected chi connectivity index (χ2v) is 11.2. The second kappa shape index (κ2) is 9.25. The topological polar surface area (TPSA) is 66.5 Å². The first-order chi connectivity index (χ1) is 19.8. The Kier molecular flexibility index (Phi) is 5.73.